The van der Waals surface area contributed by atoms with Gasteiger partial charge in [0.05, 0.1) is 11.4 Å². The number of hydrogen-bond donors (Lipinski definition) is 2. The van der Waals surface area contributed by atoms with Crippen molar-refractivity contribution in [1.29, 1.82) is 0 Å². The van der Waals surface area contributed by atoms with Crippen LogP contribution in [-0.2, 0) is 19.3 Å². The number of carbonyl (C=O) groups is 1. The summed E-state index contributed by atoms with van der Waals surface area (Å²) in [6.45, 7) is 1.77. The Morgan fingerprint density at radius 1 is 1.14 bits per heavy atom. The summed E-state index contributed by atoms with van der Waals surface area (Å²) >= 11 is 0. The molecule has 1 heterocycles. The number of aromatic hydroxyl groups is 1. The van der Waals surface area contributed by atoms with Crippen molar-refractivity contribution in [3.05, 3.63) is 86.3 Å². The monoisotopic (exact) mass is 389 g/mol. The van der Waals surface area contributed by atoms with Crippen molar-refractivity contribution in [1.82, 2.24) is 9.78 Å². The van der Waals surface area contributed by atoms with Gasteiger partial charge < -0.3 is 10.8 Å². The molecule has 0 bridgehead atoms. The summed E-state index contributed by atoms with van der Waals surface area (Å²) in [5.74, 6) is -0.341. The second-order valence-corrected chi connectivity index (χ2v) is 7.49. The fourth-order valence-electron chi connectivity index (χ4n) is 3.99. The van der Waals surface area contributed by atoms with Crippen LogP contribution < -0.4 is 11.3 Å². The first-order valence-corrected chi connectivity index (χ1v) is 9.77. The highest BCUT2D eigenvalue weighted by Gasteiger charge is 2.22. The number of rotatable bonds is 4. The van der Waals surface area contributed by atoms with Crippen molar-refractivity contribution in [2.24, 2.45) is 5.73 Å². The van der Waals surface area contributed by atoms with Gasteiger partial charge in [0.25, 0.3) is 5.56 Å². The van der Waals surface area contributed by atoms with Crippen molar-refractivity contribution >= 4 is 5.91 Å². The van der Waals surface area contributed by atoms with Gasteiger partial charge in [-0.05, 0) is 68.0 Å². The minimum atomic E-state index is -0.470. The molecule has 3 N–H and O–H groups in total. The number of fused-ring (bicyclic) bond motifs is 1. The van der Waals surface area contributed by atoms with Crippen molar-refractivity contribution in [2.45, 2.75) is 39.0 Å². The second-order valence-electron chi connectivity index (χ2n) is 7.49. The molecule has 6 heteroatoms. The van der Waals surface area contributed by atoms with E-state index < -0.39 is 5.91 Å². The summed E-state index contributed by atoms with van der Waals surface area (Å²) in [7, 11) is 0. The number of phenols is 1. The molecule has 148 valence electrons. The highest BCUT2D eigenvalue weighted by molar-refractivity contribution is 5.92. The van der Waals surface area contributed by atoms with Gasteiger partial charge in [0.1, 0.15) is 5.75 Å². The largest absolute Gasteiger partial charge is 0.508 e. The Morgan fingerprint density at radius 3 is 2.62 bits per heavy atom. The molecule has 0 unspecified atom stereocenters. The first-order chi connectivity index (χ1) is 14.0. The SMILES string of the molecule is Cc1c(O)cccc1-n1nc(Cc2cccc(C(N)=O)c2)c2c(c1=O)CCCC2. The third kappa shape index (κ3) is 3.53. The van der Waals surface area contributed by atoms with E-state index in [9.17, 15) is 14.7 Å². The van der Waals surface area contributed by atoms with E-state index in [4.69, 9.17) is 10.8 Å². The Morgan fingerprint density at radius 2 is 1.86 bits per heavy atom. The molecule has 2 aromatic carbocycles. The molecular weight excluding hydrogens is 366 g/mol. The summed E-state index contributed by atoms with van der Waals surface area (Å²) in [5.41, 5.74) is 10.5. The smallest absolute Gasteiger partial charge is 0.274 e. The number of nitrogens with two attached hydrogens (primary N) is 1. The first kappa shape index (κ1) is 18.9. The number of benzene rings is 2. The highest BCUT2D eigenvalue weighted by atomic mass is 16.3. The van der Waals surface area contributed by atoms with Gasteiger partial charge in [-0.15, -0.1) is 0 Å². The maximum Gasteiger partial charge on any atom is 0.274 e. The Balaban J connectivity index is 1.88. The first-order valence-electron chi connectivity index (χ1n) is 9.77. The maximum absolute atomic E-state index is 13.2. The molecule has 0 spiro atoms. The third-order valence-electron chi connectivity index (χ3n) is 5.58. The number of primary amides is 1. The van der Waals surface area contributed by atoms with Gasteiger partial charge in [0, 0.05) is 23.1 Å². The van der Waals surface area contributed by atoms with Crippen LogP contribution in [-0.4, -0.2) is 20.8 Å². The molecule has 0 saturated heterocycles. The normalized spacial score (nSPS) is 13.1. The fraction of sp³-hybridized carbons (Fsp3) is 0.261. The van der Waals surface area contributed by atoms with Crippen LogP contribution in [0, 0.1) is 6.92 Å². The van der Waals surface area contributed by atoms with Gasteiger partial charge in [-0.25, -0.2) is 0 Å². The zero-order valence-corrected chi connectivity index (χ0v) is 16.3. The molecule has 1 amide bonds. The van der Waals surface area contributed by atoms with Crippen molar-refractivity contribution < 1.29 is 9.90 Å². The van der Waals surface area contributed by atoms with Gasteiger partial charge in [0.2, 0.25) is 5.91 Å². The van der Waals surface area contributed by atoms with Gasteiger partial charge in [-0.3, -0.25) is 9.59 Å². The minimum absolute atomic E-state index is 0.122. The number of phenolic OH excluding ortho intramolecular Hbond substituents is 1. The lowest BCUT2D eigenvalue weighted by Gasteiger charge is -2.21. The van der Waals surface area contributed by atoms with E-state index in [0.29, 0.717) is 23.2 Å². The van der Waals surface area contributed by atoms with Crippen LogP contribution >= 0.6 is 0 Å². The van der Waals surface area contributed by atoms with E-state index >= 15 is 0 Å². The summed E-state index contributed by atoms with van der Waals surface area (Å²) in [4.78, 5) is 24.7. The summed E-state index contributed by atoms with van der Waals surface area (Å²) in [6.07, 6.45) is 4.05. The zero-order chi connectivity index (χ0) is 20.5. The van der Waals surface area contributed by atoms with Crippen LogP contribution in [0.15, 0.2) is 47.3 Å². The lowest BCUT2D eigenvalue weighted by molar-refractivity contribution is 0.1000. The Hall–Kier alpha value is -3.41. The highest BCUT2D eigenvalue weighted by Crippen LogP contribution is 2.26. The molecule has 1 aliphatic rings. The van der Waals surface area contributed by atoms with Crippen LogP contribution in [0.25, 0.3) is 5.69 Å². The number of hydrogen-bond acceptors (Lipinski definition) is 4. The number of carbonyl (C=O) groups excluding carboxylic acids is 1. The average Bonchev–Trinajstić information content (AvgIpc) is 2.73. The van der Waals surface area contributed by atoms with Gasteiger partial charge >= 0.3 is 0 Å². The predicted molar refractivity (Wildman–Crippen MR) is 111 cm³/mol. The molecule has 1 aromatic heterocycles. The minimum Gasteiger partial charge on any atom is -0.508 e. The Bertz CT molecular complexity index is 1160. The zero-order valence-electron chi connectivity index (χ0n) is 16.3. The Kier molecular flexibility index (Phi) is 4.92. The molecular formula is C23H23N3O3. The van der Waals surface area contributed by atoms with E-state index in [1.165, 1.54) is 4.68 Å². The van der Waals surface area contributed by atoms with Crippen LogP contribution in [0.1, 0.15) is 51.1 Å². The summed E-state index contributed by atoms with van der Waals surface area (Å²) < 4.78 is 1.41. The quantitative estimate of drug-likeness (QED) is 0.717. The number of amides is 1. The molecule has 29 heavy (non-hydrogen) atoms. The maximum atomic E-state index is 13.2. The van der Waals surface area contributed by atoms with Gasteiger partial charge in [-0.1, -0.05) is 18.2 Å². The van der Waals surface area contributed by atoms with Crippen LogP contribution in [0.4, 0.5) is 0 Å². The third-order valence-corrected chi connectivity index (χ3v) is 5.58. The predicted octanol–water partition coefficient (Wildman–Crippen LogP) is 2.82. The molecule has 0 aliphatic heterocycles. The topological polar surface area (TPSA) is 98.2 Å². The molecule has 0 fully saturated rings. The second kappa shape index (κ2) is 7.54. The Labute approximate surface area is 168 Å². The summed E-state index contributed by atoms with van der Waals surface area (Å²) in [5, 5.41) is 14.8. The van der Waals surface area contributed by atoms with E-state index in [1.807, 2.05) is 6.07 Å². The molecule has 1 aliphatic carbocycles. The summed E-state index contributed by atoms with van der Waals surface area (Å²) in [6, 6.07) is 12.3. The van der Waals surface area contributed by atoms with E-state index in [0.717, 1.165) is 48.1 Å². The van der Waals surface area contributed by atoms with E-state index in [1.54, 1.807) is 43.3 Å². The standard InChI is InChI=1S/C23H23N3O3/c1-14-20(10-5-11-21(14)27)26-23(29)18-9-3-2-8-17(18)19(25-26)13-15-6-4-7-16(12-15)22(24)28/h4-7,10-12,27H,2-3,8-9,13H2,1H3,(H2,24,28). The van der Waals surface area contributed by atoms with Gasteiger partial charge in [-0.2, -0.15) is 9.78 Å². The van der Waals surface area contributed by atoms with Crippen LogP contribution in [0.3, 0.4) is 0 Å². The molecule has 4 rings (SSSR count). The van der Waals surface area contributed by atoms with E-state index in [2.05, 4.69) is 0 Å². The van der Waals surface area contributed by atoms with E-state index in [-0.39, 0.29) is 11.3 Å². The lowest BCUT2D eigenvalue weighted by Crippen LogP contribution is -2.30. The van der Waals surface area contributed by atoms with Crippen LogP contribution in [0.5, 0.6) is 5.75 Å². The average molecular weight is 389 g/mol. The number of aromatic nitrogens is 2. The molecule has 0 saturated carbocycles. The van der Waals surface area contributed by atoms with Crippen LogP contribution in [0.2, 0.25) is 0 Å². The van der Waals surface area contributed by atoms with Crippen molar-refractivity contribution in [3.63, 3.8) is 0 Å². The van der Waals surface area contributed by atoms with Crippen molar-refractivity contribution in [2.75, 3.05) is 0 Å². The fourth-order valence-corrected chi connectivity index (χ4v) is 3.99. The molecule has 0 radical (unpaired) electrons. The lowest BCUT2D eigenvalue weighted by atomic mass is 9.90. The molecule has 3 aromatic rings. The number of nitrogens with zero attached hydrogens (tertiary/aromatic N) is 2. The molecule has 6 nitrogen and oxygen atoms in total. The van der Waals surface area contributed by atoms with Gasteiger partial charge in [0.15, 0.2) is 0 Å². The van der Waals surface area contributed by atoms with Crippen molar-refractivity contribution in [3.8, 4) is 11.4 Å². The molecule has 0 atom stereocenters.